The summed E-state index contributed by atoms with van der Waals surface area (Å²) in [6.45, 7) is 1.57. The fraction of sp³-hybridized carbons (Fsp3) is 0.100. The third-order valence-electron chi connectivity index (χ3n) is 1.59. The van der Waals surface area contributed by atoms with E-state index in [1.807, 2.05) is 30.3 Å². The molecular weight excluding hydrogens is 168 g/mol. The predicted octanol–water partition coefficient (Wildman–Crippen LogP) is 2.11. The van der Waals surface area contributed by atoms with Gasteiger partial charge in [0.2, 0.25) is 0 Å². The zero-order chi connectivity index (χ0) is 9.68. The lowest BCUT2D eigenvalue weighted by Crippen LogP contribution is -2.01. The molecule has 0 aliphatic heterocycles. The minimum atomic E-state index is -0.733. The summed E-state index contributed by atoms with van der Waals surface area (Å²) in [5.41, 5.74) is 1.25. The lowest BCUT2D eigenvalue weighted by Gasteiger charge is -1.96. The maximum absolute atomic E-state index is 10.8. The first kappa shape index (κ1) is 9.48. The molecule has 3 heteroatoms. The second kappa shape index (κ2) is 4.42. The molecule has 0 heterocycles. The largest absolute Gasteiger partial charge is 0.368 e. The molecule has 0 bridgehead atoms. The number of hydrogen-bond donors (Lipinski definition) is 1. The summed E-state index contributed by atoms with van der Waals surface area (Å²) in [7, 11) is 0. The van der Waals surface area contributed by atoms with Gasteiger partial charge < -0.3 is 0 Å². The minimum absolute atomic E-state index is 0.355. The van der Waals surface area contributed by atoms with Crippen molar-refractivity contribution in [2.24, 2.45) is 0 Å². The maximum Gasteiger partial charge on any atom is 0.368 e. The Morgan fingerprint density at radius 1 is 1.38 bits per heavy atom. The molecule has 0 radical (unpaired) electrons. The van der Waals surface area contributed by atoms with Crippen molar-refractivity contribution in [1.29, 1.82) is 0 Å². The third kappa shape index (κ3) is 2.72. The van der Waals surface area contributed by atoms with Gasteiger partial charge in [0, 0.05) is 5.57 Å². The van der Waals surface area contributed by atoms with E-state index in [0.29, 0.717) is 5.57 Å². The van der Waals surface area contributed by atoms with Crippen molar-refractivity contribution in [3.63, 3.8) is 0 Å². The topological polar surface area (TPSA) is 46.5 Å². The Bertz CT molecular complexity index is 314. The lowest BCUT2D eigenvalue weighted by molar-refractivity contribution is -0.229. The summed E-state index contributed by atoms with van der Waals surface area (Å²) in [6.07, 6.45) is 1.64. The molecule has 1 aromatic rings. The second-order valence-corrected chi connectivity index (χ2v) is 2.62. The first-order chi connectivity index (χ1) is 6.24. The van der Waals surface area contributed by atoms with Gasteiger partial charge in [0.25, 0.3) is 0 Å². The van der Waals surface area contributed by atoms with Crippen LogP contribution in [0.4, 0.5) is 0 Å². The van der Waals surface area contributed by atoms with Crippen molar-refractivity contribution in [3.8, 4) is 0 Å². The van der Waals surface area contributed by atoms with Crippen LogP contribution in [0, 0.1) is 0 Å². The molecule has 1 rings (SSSR count). The highest BCUT2D eigenvalue weighted by Crippen LogP contribution is 2.06. The van der Waals surface area contributed by atoms with Gasteiger partial charge in [-0.05, 0) is 18.6 Å². The fourth-order valence-corrected chi connectivity index (χ4v) is 0.930. The lowest BCUT2D eigenvalue weighted by atomic mass is 10.1. The number of carbonyl (C=O) groups excluding carboxylic acids is 1. The van der Waals surface area contributed by atoms with Crippen LogP contribution in [0.2, 0.25) is 0 Å². The van der Waals surface area contributed by atoms with E-state index in [1.54, 1.807) is 13.0 Å². The first-order valence-electron chi connectivity index (χ1n) is 3.83. The highest BCUT2D eigenvalue weighted by molar-refractivity contribution is 5.92. The molecule has 0 spiro atoms. The molecule has 1 aromatic carbocycles. The van der Waals surface area contributed by atoms with Crippen LogP contribution in [-0.4, -0.2) is 11.2 Å². The van der Waals surface area contributed by atoms with Gasteiger partial charge in [0.1, 0.15) is 0 Å². The van der Waals surface area contributed by atoms with Gasteiger partial charge >= 0.3 is 5.97 Å². The molecule has 0 atom stereocenters. The van der Waals surface area contributed by atoms with Gasteiger partial charge in [-0.15, -0.1) is 0 Å². The van der Waals surface area contributed by atoms with Crippen LogP contribution in [0.5, 0.6) is 0 Å². The van der Waals surface area contributed by atoms with E-state index in [2.05, 4.69) is 4.89 Å². The molecule has 0 saturated heterocycles. The van der Waals surface area contributed by atoms with Crippen molar-refractivity contribution in [3.05, 3.63) is 41.5 Å². The quantitative estimate of drug-likeness (QED) is 0.428. The Morgan fingerprint density at radius 2 is 2.00 bits per heavy atom. The van der Waals surface area contributed by atoms with Crippen molar-refractivity contribution in [2.45, 2.75) is 6.92 Å². The van der Waals surface area contributed by atoms with Gasteiger partial charge in [-0.25, -0.2) is 4.79 Å². The third-order valence-corrected chi connectivity index (χ3v) is 1.59. The van der Waals surface area contributed by atoms with Crippen LogP contribution in [0.3, 0.4) is 0 Å². The summed E-state index contributed by atoms with van der Waals surface area (Å²) >= 11 is 0. The van der Waals surface area contributed by atoms with Crippen LogP contribution in [0.15, 0.2) is 35.9 Å². The van der Waals surface area contributed by atoms with E-state index in [4.69, 9.17) is 5.26 Å². The Labute approximate surface area is 76.2 Å². The normalized spacial score (nSPS) is 11.1. The highest BCUT2D eigenvalue weighted by atomic mass is 17.1. The Hall–Kier alpha value is -1.61. The van der Waals surface area contributed by atoms with E-state index in [0.717, 1.165) is 5.56 Å². The van der Waals surface area contributed by atoms with E-state index < -0.39 is 5.97 Å². The zero-order valence-corrected chi connectivity index (χ0v) is 7.23. The summed E-state index contributed by atoms with van der Waals surface area (Å²) in [4.78, 5) is 14.4. The average Bonchev–Trinajstić information content (AvgIpc) is 2.18. The van der Waals surface area contributed by atoms with Crippen molar-refractivity contribution < 1.29 is 14.9 Å². The molecule has 0 aromatic heterocycles. The van der Waals surface area contributed by atoms with Gasteiger partial charge in [0.15, 0.2) is 0 Å². The summed E-state index contributed by atoms with van der Waals surface area (Å²) in [5, 5.41) is 8.09. The molecular formula is C10H10O3. The molecule has 0 aliphatic rings. The van der Waals surface area contributed by atoms with Crippen LogP contribution in [0.25, 0.3) is 6.08 Å². The monoisotopic (exact) mass is 178 g/mol. The summed E-state index contributed by atoms with van der Waals surface area (Å²) in [6, 6.07) is 9.33. The number of carbonyl (C=O) groups is 1. The molecule has 0 fully saturated rings. The molecule has 13 heavy (non-hydrogen) atoms. The Kier molecular flexibility index (Phi) is 3.23. The van der Waals surface area contributed by atoms with Gasteiger partial charge in [-0.2, -0.15) is 5.26 Å². The van der Waals surface area contributed by atoms with Crippen molar-refractivity contribution in [2.75, 3.05) is 0 Å². The van der Waals surface area contributed by atoms with Crippen molar-refractivity contribution >= 4 is 12.0 Å². The van der Waals surface area contributed by atoms with Gasteiger partial charge in [0.05, 0.1) is 0 Å². The van der Waals surface area contributed by atoms with Crippen LogP contribution in [0.1, 0.15) is 12.5 Å². The average molecular weight is 178 g/mol. The molecule has 3 nitrogen and oxygen atoms in total. The first-order valence-corrected chi connectivity index (χ1v) is 3.83. The van der Waals surface area contributed by atoms with E-state index in [9.17, 15) is 4.79 Å². The highest BCUT2D eigenvalue weighted by Gasteiger charge is 2.03. The smallest absolute Gasteiger partial charge is 0.296 e. The van der Waals surface area contributed by atoms with Crippen LogP contribution >= 0.6 is 0 Å². The standard InChI is InChI=1S/C10H10O3/c1-8(10(11)13-12)7-9-5-3-2-4-6-9/h2-7,12H,1H3. The van der Waals surface area contributed by atoms with Gasteiger partial charge in [-0.3, -0.25) is 4.89 Å². The fourth-order valence-electron chi connectivity index (χ4n) is 0.930. The molecule has 0 unspecified atom stereocenters. The molecule has 0 saturated carbocycles. The summed E-state index contributed by atoms with van der Waals surface area (Å²) in [5.74, 6) is -0.733. The zero-order valence-electron chi connectivity index (χ0n) is 7.23. The molecule has 68 valence electrons. The van der Waals surface area contributed by atoms with Crippen molar-refractivity contribution in [1.82, 2.24) is 0 Å². The molecule has 0 amide bonds. The van der Waals surface area contributed by atoms with Crippen LogP contribution in [-0.2, 0) is 9.68 Å². The maximum atomic E-state index is 10.8. The van der Waals surface area contributed by atoms with E-state index in [-0.39, 0.29) is 0 Å². The van der Waals surface area contributed by atoms with Crippen LogP contribution < -0.4 is 0 Å². The SMILES string of the molecule is CC(=Cc1ccccc1)C(=O)OO. The predicted molar refractivity (Wildman–Crippen MR) is 48.8 cm³/mol. The minimum Gasteiger partial charge on any atom is -0.296 e. The molecule has 0 aliphatic carbocycles. The number of rotatable bonds is 2. The Morgan fingerprint density at radius 3 is 2.54 bits per heavy atom. The number of hydrogen-bond acceptors (Lipinski definition) is 3. The van der Waals surface area contributed by atoms with Gasteiger partial charge in [-0.1, -0.05) is 30.3 Å². The summed E-state index contributed by atoms with van der Waals surface area (Å²) < 4.78 is 0. The van der Waals surface area contributed by atoms with E-state index >= 15 is 0 Å². The number of benzene rings is 1. The second-order valence-electron chi connectivity index (χ2n) is 2.62. The van der Waals surface area contributed by atoms with E-state index in [1.165, 1.54) is 0 Å². The Balaban J connectivity index is 2.83. The molecule has 1 N–H and O–H groups in total.